The van der Waals surface area contributed by atoms with Crippen molar-refractivity contribution in [2.24, 2.45) is 5.92 Å². The Morgan fingerprint density at radius 1 is 1.26 bits per heavy atom. The monoisotopic (exact) mass is 258 g/mol. The second-order valence-corrected chi connectivity index (χ2v) is 6.59. The van der Waals surface area contributed by atoms with Crippen LogP contribution in [0.1, 0.15) is 50.7 Å². The molecule has 0 radical (unpaired) electrons. The number of aryl methyl sites for hydroxylation is 1. The lowest BCUT2D eigenvalue weighted by Crippen LogP contribution is -2.45. The van der Waals surface area contributed by atoms with Crippen molar-refractivity contribution in [1.82, 2.24) is 0 Å². The largest absolute Gasteiger partial charge is 0.507 e. The van der Waals surface area contributed by atoms with Crippen molar-refractivity contribution in [2.45, 2.75) is 52.1 Å². The van der Waals surface area contributed by atoms with Crippen LogP contribution in [0.25, 0.3) is 0 Å². The summed E-state index contributed by atoms with van der Waals surface area (Å²) >= 11 is 0. The van der Waals surface area contributed by atoms with Crippen molar-refractivity contribution in [3.8, 4) is 11.5 Å². The maximum Gasteiger partial charge on any atom is 0.127 e. The van der Waals surface area contributed by atoms with Crippen LogP contribution in [0, 0.1) is 12.8 Å². The highest BCUT2D eigenvalue weighted by atomic mass is 16.5. The first kappa shape index (κ1) is 12.6. The van der Waals surface area contributed by atoms with E-state index in [0.717, 1.165) is 29.7 Å². The molecule has 0 saturated heterocycles. The number of phenolic OH excluding ortho intramolecular Hbond substituents is 1. The van der Waals surface area contributed by atoms with Gasteiger partial charge >= 0.3 is 0 Å². The Bertz CT molecular complexity index is 555. The van der Waals surface area contributed by atoms with Gasteiger partial charge in [-0.2, -0.15) is 0 Å². The second kappa shape index (κ2) is 4.03. The average Bonchev–Trinajstić information content (AvgIpc) is 2.25. The van der Waals surface area contributed by atoms with Gasteiger partial charge in [-0.15, -0.1) is 0 Å². The summed E-state index contributed by atoms with van der Waals surface area (Å²) in [5, 5.41) is 10.3. The molecule has 1 aromatic rings. The topological polar surface area (TPSA) is 29.5 Å². The minimum atomic E-state index is -0.172. The molecule has 19 heavy (non-hydrogen) atoms. The molecule has 0 spiro atoms. The Labute approximate surface area is 115 Å². The molecule has 0 bridgehead atoms. The summed E-state index contributed by atoms with van der Waals surface area (Å²) in [5.74, 6) is 1.96. The number of allylic oxidation sites excluding steroid dienone is 2. The van der Waals surface area contributed by atoms with Gasteiger partial charge in [0.25, 0.3) is 0 Å². The SMILES string of the molecule is CC1=C[C@H]2c3c(O)cc(C)cc3OC(C)(C)[C@H]2CC1. The molecule has 1 N–H and O–H groups in total. The van der Waals surface area contributed by atoms with Crippen LogP contribution in [0.5, 0.6) is 11.5 Å². The van der Waals surface area contributed by atoms with Crippen LogP contribution < -0.4 is 4.74 Å². The maximum absolute atomic E-state index is 10.3. The molecular formula is C17H22O2. The van der Waals surface area contributed by atoms with Crippen LogP contribution >= 0.6 is 0 Å². The first-order chi connectivity index (χ1) is 8.88. The number of ether oxygens (including phenoxy) is 1. The van der Waals surface area contributed by atoms with Crippen molar-refractivity contribution < 1.29 is 9.84 Å². The molecule has 1 aliphatic heterocycles. The zero-order chi connectivity index (χ0) is 13.8. The Balaban J connectivity index is 2.21. The molecule has 2 nitrogen and oxygen atoms in total. The standard InChI is InChI=1S/C17H22O2/c1-10-5-6-13-12(7-10)16-14(18)8-11(2)9-15(16)19-17(13,3)4/h7-9,12-13,18H,5-6H2,1-4H3/t12-,13+/m1/s1. The Kier molecular flexibility index (Phi) is 2.67. The molecule has 3 rings (SSSR count). The van der Waals surface area contributed by atoms with E-state index in [1.807, 2.05) is 19.1 Å². The quantitative estimate of drug-likeness (QED) is 0.703. The van der Waals surface area contributed by atoms with E-state index in [2.05, 4.69) is 26.8 Å². The lowest BCUT2D eigenvalue weighted by Gasteiger charge is -2.46. The minimum absolute atomic E-state index is 0.172. The maximum atomic E-state index is 10.3. The fourth-order valence-corrected chi connectivity index (χ4v) is 3.66. The lowest BCUT2D eigenvalue weighted by molar-refractivity contribution is 0.0107. The average molecular weight is 258 g/mol. The van der Waals surface area contributed by atoms with Gasteiger partial charge in [0.15, 0.2) is 0 Å². The summed E-state index contributed by atoms with van der Waals surface area (Å²) in [4.78, 5) is 0. The second-order valence-electron chi connectivity index (χ2n) is 6.59. The Morgan fingerprint density at radius 2 is 2.00 bits per heavy atom. The highest BCUT2D eigenvalue weighted by Gasteiger charge is 2.45. The third-order valence-corrected chi connectivity index (χ3v) is 4.61. The number of fused-ring (bicyclic) bond motifs is 3. The number of hydrogen-bond donors (Lipinski definition) is 1. The molecule has 0 saturated carbocycles. The fraction of sp³-hybridized carbons (Fsp3) is 0.529. The highest BCUT2D eigenvalue weighted by Crippen LogP contribution is 2.53. The minimum Gasteiger partial charge on any atom is -0.507 e. The van der Waals surface area contributed by atoms with Gasteiger partial charge in [0.1, 0.15) is 17.1 Å². The molecule has 102 valence electrons. The van der Waals surface area contributed by atoms with Gasteiger partial charge in [0.05, 0.1) is 0 Å². The van der Waals surface area contributed by atoms with Crippen LogP contribution in [0.3, 0.4) is 0 Å². The summed E-state index contributed by atoms with van der Waals surface area (Å²) in [6.07, 6.45) is 4.59. The summed E-state index contributed by atoms with van der Waals surface area (Å²) in [6.45, 7) is 8.51. The van der Waals surface area contributed by atoms with Crippen LogP contribution in [0.15, 0.2) is 23.8 Å². The summed E-state index contributed by atoms with van der Waals surface area (Å²) in [5.41, 5.74) is 3.27. The molecule has 1 heterocycles. The normalized spacial score (nSPS) is 27.9. The summed E-state index contributed by atoms with van der Waals surface area (Å²) in [7, 11) is 0. The molecule has 0 amide bonds. The van der Waals surface area contributed by atoms with Gasteiger partial charge in [-0.1, -0.05) is 11.6 Å². The third kappa shape index (κ3) is 1.94. The van der Waals surface area contributed by atoms with Gasteiger partial charge in [0.2, 0.25) is 0 Å². The molecule has 0 aromatic heterocycles. The van der Waals surface area contributed by atoms with Crippen molar-refractivity contribution in [3.05, 3.63) is 34.9 Å². The molecule has 1 aliphatic carbocycles. The van der Waals surface area contributed by atoms with Crippen molar-refractivity contribution in [3.63, 3.8) is 0 Å². The van der Waals surface area contributed by atoms with E-state index in [1.165, 1.54) is 5.57 Å². The van der Waals surface area contributed by atoms with E-state index < -0.39 is 0 Å². The van der Waals surface area contributed by atoms with Gasteiger partial charge in [-0.05, 0) is 58.2 Å². The molecule has 0 fully saturated rings. The molecule has 1 aromatic carbocycles. The summed E-state index contributed by atoms with van der Waals surface area (Å²) in [6, 6.07) is 3.89. The molecule has 0 unspecified atom stereocenters. The zero-order valence-electron chi connectivity index (χ0n) is 12.2. The number of benzene rings is 1. The lowest BCUT2D eigenvalue weighted by atomic mass is 9.68. The first-order valence-corrected chi connectivity index (χ1v) is 7.08. The van der Waals surface area contributed by atoms with E-state index in [1.54, 1.807) is 0 Å². The predicted molar refractivity (Wildman–Crippen MR) is 76.8 cm³/mol. The Morgan fingerprint density at radius 3 is 2.74 bits per heavy atom. The van der Waals surface area contributed by atoms with E-state index in [9.17, 15) is 5.11 Å². The van der Waals surface area contributed by atoms with Crippen LogP contribution in [0.4, 0.5) is 0 Å². The number of hydrogen-bond acceptors (Lipinski definition) is 2. The van der Waals surface area contributed by atoms with Gasteiger partial charge in [0, 0.05) is 17.4 Å². The van der Waals surface area contributed by atoms with E-state index in [-0.39, 0.29) is 11.5 Å². The number of phenols is 1. The number of rotatable bonds is 0. The van der Waals surface area contributed by atoms with Gasteiger partial charge < -0.3 is 9.84 Å². The van der Waals surface area contributed by atoms with E-state index in [0.29, 0.717) is 11.7 Å². The zero-order valence-corrected chi connectivity index (χ0v) is 12.2. The summed E-state index contributed by atoms with van der Waals surface area (Å²) < 4.78 is 6.20. The predicted octanol–water partition coefficient (Wildman–Crippen LogP) is 4.31. The third-order valence-electron chi connectivity index (χ3n) is 4.61. The fourth-order valence-electron chi connectivity index (χ4n) is 3.66. The Hall–Kier alpha value is -1.44. The number of aromatic hydroxyl groups is 1. The van der Waals surface area contributed by atoms with Crippen LogP contribution in [0.2, 0.25) is 0 Å². The van der Waals surface area contributed by atoms with Gasteiger partial charge in [-0.25, -0.2) is 0 Å². The van der Waals surface area contributed by atoms with Gasteiger partial charge in [-0.3, -0.25) is 0 Å². The van der Waals surface area contributed by atoms with Crippen LogP contribution in [-0.4, -0.2) is 10.7 Å². The van der Waals surface area contributed by atoms with E-state index in [4.69, 9.17) is 4.74 Å². The van der Waals surface area contributed by atoms with Crippen molar-refractivity contribution in [2.75, 3.05) is 0 Å². The van der Waals surface area contributed by atoms with E-state index >= 15 is 0 Å². The molecular weight excluding hydrogens is 236 g/mol. The molecule has 2 aliphatic rings. The highest BCUT2D eigenvalue weighted by molar-refractivity contribution is 5.53. The first-order valence-electron chi connectivity index (χ1n) is 7.08. The van der Waals surface area contributed by atoms with Crippen LogP contribution in [-0.2, 0) is 0 Å². The molecule has 2 heteroatoms. The smallest absolute Gasteiger partial charge is 0.127 e. The van der Waals surface area contributed by atoms with Crippen molar-refractivity contribution >= 4 is 0 Å². The molecule has 2 atom stereocenters. The van der Waals surface area contributed by atoms with Crippen molar-refractivity contribution in [1.29, 1.82) is 0 Å².